The molecule has 0 unspecified atom stereocenters. The lowest BCUT2D eigenvalue weighted by atomic mass is 10.1. The van der Waals surface area contributed by atoms with Crippen LogP contribution in [0.3, 0.4) is 0 Å². The van der Waals surface area contributed by atoms with E-state index in [4.69, 9.17) is 5.84 Å². The Morgan fingerprint density at radius 1 is 0.960 bits per heavy atom. The zero-order valence-electron chi connectivity index (χ0n) is 13.6. The fourth-order valence-electron chi connectivity index (χ4n) is 2.05. The first-order valence-corrected chi connectivity index (χ1v) is 7.46. The summed E-state index contributed by atoms with van der Waals surface area (Å²) in [5.41, 5.74) is 3.66. The quantitative estimate of drug-likeness (QED) is 0.286. The molecule has 0 atom stereocenters. The zero-order valence-corrected chi connectivity index (χ0v) is 13.6. The van der Waals surface area contributed by atoms with E-state index >= 15 is 0 Å². The van der Waals surface area contributed by atoms with Gasteiger partial charge in [-0.3, -0.25) is 19.8 Å². The van der Waals surface area contributed by atoms with Gasteiger partial charge in [0.15, 0.2) is 0 Å². The monoisotopic (exact) mass is 338 g/mol. The van der Waals surface area contributed by atoms with Crippen LogP contribution in [0.15, 0.2) is 60.3 Å². The fraction of sp³-hybridized carbons (Fsp3) is 0.0556. The molecule has 2 rings (SSSR count). The molecule has 128 valence electrons. The van der Waals surface area contributed by atoms with Crippen molar-refractivity contribution in [3.05, 3.63) is 71.4 Å². The average molecular weight is 338 g/mol. The Bertz CT molecular complexity index is 799. The number of nitrogens with two attached hydrogens (primary N) is 1. The third kappa shape index (κ3) is 5.29. The van der Waals surface area contributed by atoms with Crippen molar-refractivity contribution >= 4 is 29.5 Å². The van der Waals surface area contributed by atoms with Crippen molar-refractivity contribution in [2.45, 2.75) is 6.92 Å². The van der Waals surface area contributed by atoms with Gasteiger partial charge in [0.05, 0.1) is 0 Å². The molecule has 7 nitrogen and oxygen atoms in total. The van der Waals surface area contributed by atoms with Crippen LogP contribution in [-0.2, 0) is 9.59 Å². The van der Waals surface area contributed by atoms with E-state index in [1.54, 1.807) is 36.4 Å². The lowest BCUT2D eigenvalue weighted by Crippen LogP contribution is -2.38. The van der Waals surface area contributed by atoms with E-state index in [2.05, 4.69) is 10.6 Å². The predicted octanol–water partition coefficient (Wildman–Crippen LogP) is 1.41. The minimum absolute atomic E-state index is 0.0182. The molecule has 0 aliphatic rings. The molecule has 3 amide bonds. The Labute approximate surface area is 144 Å². The van der Waals surface area contributed by atoms with Crippen LogP contribution in [0.25, 0.3) is 6.08 Å². The summed E-state index contributed by atoms with van der Waals surface area (Å²) in [7, 11) is 0. The largest absolute Gasteiger partial charge is 0.326 e. The normalized spacial score (nSPS) is 10.7. The first kappa shape index (κ1) is 17.9. The molecule has 0 aliphatic heterocycles. The van der Waals surface area contributed by atoms with Gasteiger partial charge in [-0.1, -0.05) is 30.3 Å². The number of anilines is 1. The number of hydrogen-bond donors (Lipinski definition) is 4. The summed E-state index contributed by atoms with van der Waals surface area (Å²) in [6.07, 6.45) is 1.52. The van der Waals surface area contributed by atoms with Gasteiger partial charge in [0.2, 0.25) is 5.91 Å². The van der Waals surface area contributed by atoms with Crippen molar-refractivity contribution < 1.29 is 14.4 Å². The van der Waals surface area contributed by atoms with E-state index in [0.717, 1.165) is 5.56 Å². The average Bonchev–Trinajstić information content (AvgIpc) is 2.61. The summed E-state index contributed by atoms with van der Waals surface area (Å²) in [4.78, 5) is 35.2. The van der Waals surface area contributed by atoms with Gasteiger partial charge in [-0.2, -0.15) is 0 Å². The molecule has 0 fully saturated rings. The summed E-state index contributed by atoms with van der Waals surface area (Å²) < 4.78 is 0. The molecule has 0 bridgehead atoms. The third-order valence-corrected chi connectivity index (χ3v) is 3.20. The van der Waals surface area contributed by atoms with E-state index in [1.165, 1.54) is 13.0 Å². The van der Waals surface area contributed by atoms with E-state index in [1.807, 2.05) is 23.6 Å². The first-order chi connectivity index (χ1) is 12.0. The summed E-state index contributed by atoms with van der Waals surface area (Å²) >= 11 is 0. The maximum absolute atomic E-state index is 12.3. The second-order valence-electron chi connectivity index (χ2n) is 5.15. The number of rotatable bonds is 5. The standard InChI is InChI=1S/C18H18N4O3/c1-12(23)20-15-9-7-14(8-10-15)17(24)21-16(18(25)22-19)11-13-5-3-2-4-6-13/h2-11H,19H2,1H3,(H,20,23)(H,21,24)(H,22,25). The van der Waals surface area contributed by atoms with Crippen molar-refractivity contribution in [3.8, 4) is 0 Å². The Kier molecular flexibility index (Phi) is 6.02. The van der Waals surface area contributed by atoms with E-state index in [0.29, 0.717) is 11.3 Å². The van der Waals surface area contributed by atoms with Gasteiger partial charge < -0.3 is 10.6 Å². The number of nitrogens with one attached hydrogen (secondary N) is 3. The number of carbonyl (C=O) groups is 3. The van der Waals surface area contributed by atoms with Crippen LogP contribution in [0.5, 0.6) is 0 Å². The maximum atomic E-state index is 12.3. The molecule has 0 aromatic heterocycles. The molecule has 5 N–H and O–H groups in total. The summed E-state index contributed by atoms with van der Waals surface area (Å²) in [6, 6.07) is 15.3. The minimum atomic E-state index is -0.618. The third-order valence-electron chi connectivity index (χ3n) is 3.20. The van der Waals surface area contributed by atoms with Gasteiger partial charge in [0.25, 0.3) is 11.8 Å². The molecule has 2 aromatic carbocycles. The number of carbonyl (C=O) groups excluding carboxylic acids is 3. The number of benzene rings is 2. The molecule has 25 heavy (non-hydrogen) atoms. The SMILES string of the molecule is CC(=O)Nc1ccc(C(=O)NC(=Cc2ccccc2)C(=O)NN)cc1. The van der Waals surface area contributed by atoms with Crippen LogP contribution in [0.4, 0.5) is 5.69 Å². The molecule has 7 heteroatoms. The van der Waals surface area contributed by atoms with Crippen LogP contribution in [-0.4, -0.2) is 17.7 Å². The van der Waals surface area contributed by atoms with Gasteiger partial charge in [-0.05, 0) is 35.9 Å². The second kappa shape index (κ2) is 8.42. The Morgan fingerprint density at radius 3 is 2.16 bits per heavy atom. The molecule has 0 saturated heterocycles. The summed E-state index contributed by atoms with van der Waals surface area (Å²) in [6.45, 7) is 1.40. The number of hydrazine groups is 1. The zero-order chi connectivity index (χ0) is 18.2. The van der Waals surface area contributed by atoms with E-state index in [-0.39, 0.29) is 11.6 Å². The first-order valence-electron chi connectivity index (χ1n) is 7.46. The molecule has 0 spiro atoms. The van der Waals surface area contributed by atoms with Crippen molar-refractivity contribution in [2.24, 2.45) is 5.84 Å². The van der Waals surface area contributed by atoms with Crippen molar-refractivity contribution in [3.63, 3.8) is 0 Å². The van der Waals surface area contributed by atoms with Gasteiger partial charge in [-0.15, -0.1) is 0 Å². The van der Waals surface area contributed by atoms with Gasteiger partial charge in [0, 0.05) is 18.2 Å². The predicted molar refractivity (Wildman–Crippen MR) is 95.0 cm³/mol. The van der Waals surface area contributed by atoms with Crippen LogP contribution in [0.1, 0.15) is 22.8 Å². The molecule has 0 saturated carbocycles. The smallest absolute Gasteiger partial charge is 0.281 e. The van der Waals surface area contributed by atoms with Crippen LogP contribution >= 0.6 is 0 Å². The van der Waals surface area contributed by atoms with Crippen LogP contribution in [0, 0.1) is 0 Å². The number of hydrogen-bond acceptors (Lipinski definition) is 4. The van der Waals surface area contributed by atoms with Crippen molar-refractivity contribution in [2.75, 3.05) is 5.32 Å². The molecule has 0 radical (unpaired) electrons. The van der Waals surface area contributed by atoms with E-state index in [9.17, 15) is 14.4 Å². The Hall–Kier alpha value is -3.45. The number of amides is 3. The topological polar surface area (TPSA) is 113 Å². The fourth-order valence-corrected chi connectivity index (χ4v) is 2.05. The molecule has 0 aliphatic carbocycles. The highest BCUT2D eigenvalue weighted by molar-refractivity contribution is 6.05. The van der Waals surface area contributed by atoms with Crippen molar-refractivity contribution in [1.82, 2.24) is 10.7 Å². The molecular weight excluding hydrogens is 320 g/mol. The lowest BCUT2D eigenvalue weighted by Gasteiger charge is -2.09. The maximum Gasteiger partial charge on any atom is 0.281 e. The van der Waals surface area contributed by atoms with Crippen LogP contribution in [0.2, 0.25) is 0 Å². The highest BCUT2D eigenvalue weighted by Crippen LogP contribution is 2.11. The van der Waals surface area contributed by atoms with Gasteiger partial charge >= 0.3 is 0 Å². The van der Waals surface area contributed by atoms with Crippen molar-refractivity contribution in [1.29, 1.82) is 0 Å². The van der Waals surface area contributed by atoms with Gasteiger partial charge in [-0.25, -0.2) is 5.84 Å². The highest BCUT2D eigenvalue weighted by atomic mass is 16.2. The molecule has 0 heterocycles. The Morgan fingerprint density at radius 2 is 1.60 bits per heavy atom. The van der Waals surface area contributed by atoms with Crippen LogP contribution < -0.4 is 21.9 Å². The lowest BCUT2D eigenvalue weighted by molar-refractivity contribution is -0.117. The summed E-state index contributed by atoms with van der Waals surface area (Å²) in [5, 5.41) is 5.14. The minimum Gasteiger partial charge on any atom is -0.326 e. The summed E-state index contributed by atoms with van der Waals surface area (Å²) in [5.74, 6) is 3.88. The van der Waals surface area contributed by atoms with Gasteiger partial charge in [0.1, 0.15) is 5.70 Å². The molecular formula is C18H18N4O3. The molecule has 2 aromatic rings. The highest BCUT2D eigenvalue weighted by Gasteiger charge is 2.13. The van der Waals surface area contributed by atoms with E-state index < -0.39 is 11.8 Å². The Balaban J connectivity index is 2.18. The second-order valence-corrected chi connectivity index (χ2v) is 5.15.